The predicted molar refractivity (Wildman–Crippen MR) is 118 cm³/mol. The molecule has 1 aromatic rings. The van der Waals surface area contributed by atoms with E-state index in [1.807, 2.05) is 13.0 Å². The molecule has 10 heteroatoms. The largest absolute Gasteiger partial charge is 0.383 e. The summed E-state index contributed by atoms with van der Waals surface area (Å²) in [6.45, 7) is 9.19. The number of rotatable bonds is 12. The highest BCUT2D eigenvalue weighted by Crippen LogP contribution is 2.12. The molecule has 0 aromatic heterocycles. The minimum atomic E-state index is -3.56. The molecule has 1 fully saturated rings. The third-order valence-electron chi connectivity index (χ3n) is 4.62. The average Bonchev–Trinajstić information content (AvgIpc) is 2.76. The summed E-state index contributed by atoms with van der Waals surface area (Å²) in [6, 6.07) is 6.84. The quantitative estimate of drug-likeness (QED) is 0.245. The van der Waals surface area contributed by atoms with Gasteiger partial charge in [0.25, 0.3) is 0 Å². The van der Waals surface area contributed by atoms with Crippen molar-refractivity contribution in [3.05, 3.63) is 29.8 Å². The van der Waals surface area contributed by atoms with Crippen molar-refractivity contribution < 1.29 is 17.9 Å². The second-order valence-corrected chi connectivity index (χ2v) is 8.73. The molecule has 0 bridgehead atoms. The minimum absolute atomic E-state index is 0.231. The molecule has 3 N–H and O–H groups in total. The summed E-state index contributed by atoms with van der Waals surface area (Å²) in [5.41, 5.74) is 0.829. The maximum absolute atomic E-state index is 12.4. The van der Waals surface area contributed by atoms with E-state index < -0.39 is 10.0 Å². The van der Waals surface area contributed by atoms with Crippen LogP contribution >= 0.6 is 0 Å². The zero-order valence-electron chi connectivity index (χ0n) is 18.0. The summed E-state index contributed by atoms with van der Waals surface area (Å²) in [5, 5.41) is 6.58. The van der Waals surface area contributed by atoms with E-state index in [1.165, 1.54) is 7.11 Å². The molecule has 0 aliphatic carbocycles. The van der Waals surface area contributed by atoms with E-state index in [2.05, 4.69) is 25.2 Å². The van der Waals surface area contributed by atoms with E-state index in [0.717, 1.165) is 63.9 Å². The molecule has 0 saturated carbocycles. The van der Waals surface area contributed by atoms with Gasteiger partial charge in [-0.25, -0.2) is 18.1 Å². The van der Waals surface area contributed by atoms with Crippen molar-refractivity contribution >= 4 is 16.0 Å². The Bertz CT molecular complexity index is 751. The number of nitrogens with zero attached hydrogens (tertiary/aromatic N) is 2. The van der Waals surface area contributed by atoms with Crippen LogP contribution in [0, 0.1) is 0 Å². The van der Waals surface area contributed by atoms with Gasteiger partial charge in [-0.2, -0.15) is 0 Å². The van der Waals surface area contributed by atoms with Gasteiger partial charge in [-0.1, -0.05) is 12.1 Å². The van der Waals surface area contributed by atoms with Crippen molar-refractivity contribution in [2.24, 2.45) is 4.99 Å². The van der Waals surface area contributed by atoms with Crippen LogP contribution in [0.2, 0.25) is 0 Å². The van der Waals surface area contributed by atoms with Crippen LogP contribution in [0.5, 0.6) is 0 Å². The van der Waals surface area contributed by atoms with E-state index in [9.17, 15) is 8.42 Å². The Hall–Kier alpha value is -1.72. The molecule has 1 aromatic carbocycles. The van der Waals surface area contributed by atoms with Gasteiger partial charge in [0.05, 0.1) is 31.3 Å². The number of nitrogens with one attached hydrogen (secondary N) is 3. The van der Waals surface area contributed by atoms with Crippen molar-refractivity contribution in [3.8, 4) is 0 Å². The van der Waals surface area contributed by atoms with E-state index in [-0.39, 0.29) is 11.4 Å². The monoisotopic (exact) mass is 441 g/mol. The van der Waals surface area contributed by atoms with Crippen molar-refractivity contribution in [2.45, 2.75) is 24.8 Å². The van der Waals surface area contributed by atoms with Crippen molar-refractivity contribution in [1.82, 2.24) is 20.3 Å². The molecular weight excluding hydrogens is 406 g/mol. The second-order valence-electron chi connectivity index (χ2n) is 6.97. The highest BCUT2D eigenvalue weighted by molar-refractivity contribution is 7.89. The first-order valence-corrected chi connectivity index (χ1v) is 11.9. The van der Waals surface area contributed by atoms with Gasteiger partial charge in [0, 0.05) is 39.8 Å². The van der Waals surface area contributed by atoms with Crippen LogP contribution in [-0.4, -0.2) is 85.5 Å². The maximum atomic E-state index is 12.4. The molecule has 1 saturated heterocycles. The number of morpholine rings is 1. The molecule has 0 unspecified atom stereocenters. The van der Waals surface area contributed by atoms with Crippen LogP contribution in [0.25, 0.3) is 0 Å². The van der Waals surface area contributed by atoms with Crippen LogP contribution in [0.4, 0.5) is 0 Å². The SMILES string of the molecule is CCNC(=NCc1cccc(S(=O)(=O)NCCOC)c1)NCCCN1CCOCC1. The smallest absolute Gasteiger partial charge is 0.240 e. The van der Waals surface area contributed by atoms with Gasteiger partial charge in [0.2, 0.25) is 10.0 Å². The van der Waals surface area contributed by atoms with E-state index in [0.29, 0.717) is 13.2 Å². The van der Waals surface area contributed by atoms with Crippen LogP contribution in [0.1, 0.15) is 18.9 Å². The molecule has 0 spiro atoms. The van der Waals surface area contributed by atoms with Gasteiger partial charge in [0.15, 0.2) is 5.96 Å². The zero-order valence-corrected chi connectivity index (χ0v) is 18.8. The Kier molecular flexibility index (Phi) is 11.1. The Morgan fingerprint density at radius 3 is 2.77 bits per heavy atom. The Labute approximate surface area is 180 Å². The third kappa shape index (κ3) is 8.97. The first-order chi connectivity index (χ1) is 14.5. The molecule has 0 amide bonds. The third-order valence-corrected chi connectivity index (χ3v) is 6.08. The van der Waals surface area contributed by atoms with Crippen LogP contribution in [0.3, 0.4) is 0 Å². The second kappa shape index (κ2) is 13.6. The normalized spacial score (nSPS) is 15.9. The number of guanidine groups is 1. The highest BCUT2D eigenvalue weighted by Gasteiger charge is 2.13. The lowest BCUT2D eigenvalue weighted by Crippen LogP contribution is -2.40. The number of methoxy groups -OCH3 is 1. The molecule has 1 heterocycles. The average molecular weight is 442 g/mol. The zero-order chi connectivity index (χ0) is 21.7. The summed E-state index contributed by atoms with van der Waals surface area (Å²) in [4.78, 5) is 7.23. The molecule has 1 aliphatic heterocycles. The molecule has 30 heavy (non-hydrogen) atoms. The first kappa shape index (κ1) is 24.5. The highest BCUT2D eigenvalue weighted by atomic mass is 32.2. The van der Waals surface area contributed by atoms with Gasteiger partial charge < -0.3 is 20.1 Å². The van der Waals surface area contributed by atoms with Gasteiger partial charge in [-0.3, -0.25) is 4.90 Å². The summed E-state index contributed by atoms with van der Waals surface area (Å²) in [6.07, 6.45) is 1.02. The van der Waals surface area contributed by atoms with Gasteiger partial charge in [-0.15, -0.1) is 0 Å². The van der Waals surface area contributed by atoms with Crippen LogP contribution in [-0.2, 0) is 26.0 Å². The fourth-order valence-electron chi connectivity index (χ4n) is 3.02. The number of benzene rings is 1. The Morgan fingerprint density at radius 1 is 1.23 bits per heavy atom. The summed E-state index contributed by atoms with van der Waals surface area (Å²) < 4.78 is 37.5. The summed E-state index contributed by atoms with van der Waals surface area (Å²) in [5.74, 6) is 0.728. The van der Waals surface area contributed by atoms with E-state index in [4.69, 9.17) is 9.47 Å². The fourth-order valence-corrected chi connectivity index (χ4v) is 4.10. The molecule has 0 atom stereocenters. The first-order valence-electron chi connectivity index (χ1n) is 10.4. The molecule has 170 valence electrons. The Morgan fingerprint density at radius 2 is 2.03 bits per heavy atom. The van der Waals surface area contributed by atoms with Crippen molar-refractivity contribution in [1.29, 1.82) is 0 Å². The number of hydrogen-bond acceptors (Lipinski definition) is 6. The number of sulfonamides is 1. The molecular formula is C20H35N5O4S. The standard InChI is InChI=1S/C20H35N5O4S/c1-3-21-20(22-8-5-10-25-11-14-29-15-12-25)23-17-18-6-4-7-19(16-18)30(26,27)24-9-13-28-2/h4,6-7,16,24H,3,5,8-15,17H2,1-2H3,(H2,21,22,23). The minimum Gasteiger partial charge on any atom is -0.383 e. The summed E-state index contributed by atoms with van der Waals surface area (Å²) >= 11 is 0. The van der Waals surface area contributed by atoms with Crippen molar-refractivity contribution in [2.75, 3.05) is 66.2 Å². The Balaban J connectivity index is 1.87. The lowest BCUT2D eigenvalue weighted by atomic mass is 10.2. The van der Waals surface area contributed by atoms with Gasteiger partial charge in [-0.05, 0) is 37.6 Å². The molecule has 2 rings (SSSR count). The summed E-state index contributed by atoms with van der Waals surface area (Å²) in [7, 11) is -2.02. The molecule has 9 nitrogen and oxygen atoms in total. The molecule has 1 aliphatic rings. The van der Waals surface area contributed by atoms with Crippen molar-refractivity contribution in [3.63, 3.8) is 0 Å². The maximum Gasteiger partial charge on any atom is 0.240 e. The van der Waals surface area contributed by atoms with Crippen LogP contribution in [0.15, 0.2) is 34.2 Å². The van der Waals surface area contributed by atoms with Gasteiger partial charge >= 0.3 is 0 Å². The van der Waals surface area contributed by atoms with Crippen LogP contribution < -0.4 is 15.4 Å². The van der Waals surface area contributed by atoms with E-state index in [1.54, 1.807) is 18.2 Å². The topological polar surface area (TPSA) is 104 Å². The molecule has 0 radical (unpaired) electrons. The number of aliphatic imine (C=N–C) groups is 1. The number of hydrogen-bond donors (Lipinski definition) is 3. The lowest BCUT2D eigenvalue weighted by Gasteiger charge is -2.26. The number of ether oxygens (including phenoxy) is 2. The van der Waals surface area contributed by atoms with E-state index >= 15 is 0 Å². The predicted octanol–water partition coefficient (Wildman–Crippen LogP) is 0.389. The lowest BCUT2D eigenvalue weighted by molar-refractivity contribution is 0.0376. The van der Waals surface area contributed by atoms with Gasteiger partial charge in [0.1, 0.15) is 0 Å². The fraction of sp³-hybridized carbons (Fsp3) is 0.650.